The molecule has 0 aliphatic rings. The van der Waals surface area contributed by atoms with Crippen LogP contribution in [0.3, 0.4) is 0 Å². The van der Waals surface area contributed by atoms with E-state index < -0.39 is 5.25 Å². The number of benzene rings is 1. The lowest BCUT2D eigenvalue weighted by Crippen LogP contribution is -2.11. The molecule has 0 bridgehead atoms. The Balaban J connectivity index is 3.07. The summed E-state index contributed by atoms with van der Waals surface area (Å²) < 4.78 is 4.69. The van der Waals surface area contributed by atoms with Crippen LogP contribution >= 0.6 is 35.0 Å². The molecule has 0 spiro atoms. The normalized spacial score (nSPS) is 12.3. The van der Waals surface area contributed by atoms with Gasteiger partial charge < -0.3 is 4.74 Å². The maximum atomic E-state index is 11.4. The van der Waals surface area contributed by atoms with Gasteiger partial charge in [0.1, 0.15) is 5.25 Å². The van der Waals surface area contributed by atoms with Crippen LogP contribution in [0.25, 0.3) is 0 Å². The van der Waals surface area contributed by atoms with E-state index in [1.165, 1.54) is 18.9 Å². The molecule has 0 fully saturated rings. The van der Waals surface area contributed by atoms with E-state index >= 15 is 0 Å². The Bertz CT molecular complexity index is 368. The van der Waals surface area contributed by atoms with Crippen molar-refractivity contribution in [1.82, 2.24) is 0 Å². The van der Waals surface area contributed by atoms with Gasteiger partial charge in [0.25, 0.3) is 0 Å². The maximum Gasteiger partial charge on any atom is 0.323 e. The largest absolute Gasteiger partial charge is 0.468 e. The summed E-state index contributed by atoms with van der Waals surface area (Å²) in [7, 11) is 1.36. The summed E-state index contributed by atoms with van der Waals surface area (Å²) in [6.07, 6.45) is 1.83. The zero-order valence-electron chi connectivity index (χ0n) is 8.29. The number of rotatable bonds is 3. The zero-order chi connectivity index (χ0) is 11.4. The second kappa shape index (κ2) is 5.64. The van der Waals surface area contributed by atoms with Crippen molar-refractivity contribution in [1.29, 1.82) is 0 Å². The highest BCUT2D eigenvalue weighted by molar-refractivity contribution is 7.99. The molecule has 0 aliphatic carbocycles. The van der Waals surface area contributed by atoms with Crippen molar-refractivity contribution in [3.05, 3.63) is 33.8 Å². The molecule has 0 amide bonds. The van der Waals surface area contributed by atoms with Crippen LogP contribution in [0.2, 0.25) is 10.0 Å². The molecule has 0 aromatic heterocycles. The summed E-state index contributed by atoms with van der Waals surface area (Å²) in [5.74, 6) is -0.313. The molecule has 0 saturated heterocycles. The summed E-state index contributed by atoms with van der Waals surface area (Å²) in [5.41, 5.74) is 0.723. The van der Waals surface area contributed by atoms with Crippen molar-refractivity contribution in [3.8, 4) is 0 Å². The van der Waals surface area contributed by atoms with Gasteiger partial charge >= 0.3 is 5.97 Å². The van der Waals surface area contributed by atoms with Gasteiger partial charge in [-0.05, 0) is 24.0 Å². The predicted octanol–water partition coefficient (Wildman–Crippen LogP) is 3.57. The SMILES string of the molecule is COC(=O)C(SC)c1ccc(Cl)cc1Cl. The monoisotopic (exact) mass is 264 g/mol. The highest BCUT2D eigenvalue weighted by Gasteiger charge is 2.22. The van der Waals surface area contributed by atoms with E-state index in [9.17, 15) is 4.79 Å². The third-order valence-electron chi connectivity index (χ3n) is 1.90. The molecule has 1 rings (SSSR count). The second-order valence-electron chi connectivity index (χ2n) is 2.80. The van der Waals surface area contributed by atoms with E-state index in [0.29, 0.717) is 10.0 Å². The molecule has 0 saturated carbocycles. The van der Waals surface area contributed by atoms with Gasteiger partial charge in [0, 0.05) is 10.0 Å². The lowest BCUT2D eigenvalue weighted by atomic mass is 10.1. The Morgan fingerprint density at radius 3 is 2.60 bits per heavy atom. The van der Waals surface area contributed by atoms with Crippen LogP contribution in [0.4, 0.5) is 0 Å². The Kier molecular flexibility index (Phi) is 4.77. The lowest BCUT2D eigenvalue weighted by Gasteiger charge is -2.13. The topological polar surface area (TPSA) is 26.3 Å². The predicted molar refractivity (Wildman–Crippen MR) is 64.7 cm³/mol. The molecule has 15 heavy (non-hydrogen) atoms. The number of esters is 1. The lowest BCUT2D eigenvalue weighted by molar-refractivity contribution is -0.140. The van der Waals surface area contributed by atoms with E-state index in [4.69, 9.17) is 27.9 Å². The standard InChI is InChI=1S/C10H10Cl2O2S/c1-14-10(13)9(15-2)7-4-3-6(11)5-8(7)12/h3-5,9H,1-2H3. The molecule has 0 N–H and O–H groups in total. The van der Waals surface area contributed by atoms with E-state index in [1.807, 2.05) is 6.26 Å². The molecule has 1 unspecified atom stereocenters. The first kappa shape index (κ1) is 12.7. The van der Waals surface area contributed by atoms with Gasteiger partial charge in [0.05, 0.1) is 7.11 Å². The average Bonchev–Trinajstić information content (AvgIpc) is 2.21. The minimum absolute atomic E-state index is 0.313. The first-order valence-corrected chi connectivity index (χ1v) is 6.20. The fraction of sp³-hybridized carbons (Fsp3) is 0.300. The van der Waals surface area contributed by atoms with Crippen molar-refractivity contribution >= 4 is 40.9 Å². The van der Waals surface area contributed by atoms with Gasteiger partial charge in [0.15, 0.2) is 0 Å². The molecule has 0 radical (unpaired) electrons. The number of hydrogen-bond acceptors (Lipinski definition) is 3. The first-order valence-electron chi connectivity index (χ1n) is 4.15. The number of ether oxygens (including phenoxy) is 1. The van der Waals surface area contributed by atoms with Gasteiger partial charge in [-0.25, -0.2) is 0 Å². The fourth-order valence-corrected chi connectivity index (χ4v) is 2.50. The van der Waals surface area contributed by atoms with Crippen molar-refractivity contribution in [2.75, 3.05) is 13.4 Å². The Hall–Kier alpha value is -0.380. The molecule has 82 valence electrons. The minimum Gasteiger partial charge on any atom is -0.468 e. The number of carbonyl (C=O) groups is 1. The molecule has 0 heterocycles. The zero-order valence-corrected chi connectivity index (χ0v) is 10.6. The van der Waals surface area contributed by atoms with E-state index in [0.717, 1.165) is 5.56 Å². The maximum absolute atomic E-state index is 11.4. The van der Waals surface area contributed by atoms with Crippen LogP contribution in [0, 0.1) is 0 Å². The smallest absolute Gasteiger partial charge is 0.323 e. The third kappa shape index (κ3) is 3.03. The molecule has 0 aliphatic heterocycles. The third-order valence-corrected chi connectivity index (χ3v) is 3.38. The highest BCUT2D eigenvalue weighted by atomic mass is 35.5. The Morgan fingerprint density at radius 2 is 2.13 bits per heavy atom. The summed E-state index contributed by atoms with van der Waals surface area (Å²) in [6, 6.07) is 5.06. The quantitative estimate of drug-likeness (QED) is 0.781. The van der Waals surface area contributed by atoms with E-state index in [2.05, 4.69) is 0 Å². The Morgan fingerprint density at radius 1 is 1.47 bits per heavy atom. The minimum atomic E-state index is -0.403. The fourth-order valence-electron chi connectivity index (χ4n) is 1.17. The number of halogens is 2. The number of carbonyl (C=O) groups excluding carboxylic acids is 1. The van der Waals surface area contributed by atoms with Gasteiger partial charge in [0.2, 0.25) is 0 Å². The number of methoxy groups -OCH3 is 1. The molecule has 2 nitrogen and oxygen atoms in total. The molecular formula is C10H10Cl2O2S. The summed E-state index contributed by atoms with van der Waals surface area (Å²) in [4.78, 5) is 11.4. The van der Waals surface area contributed by atoms with Gasteiger partial charge in [-0.2, -0.15) is 0 Å². The van der Waals surface area contributed by atoms with Crippen molar-refractivity contribution in [3.63, 3.8) is 0 Å². The summed E-state index contributed by atoms with van der Waals surface area (Å²) in [5, 5.41) is 0.625. The van der Waals surface area contributed by atoms with Crippen molar-refractivity contribution in [2.45, 2.75) is 5.25 Å². The van der Waals surface area contributed by atoms with E-state index in [-0.39, 0.29) is 5.97 Å². The van der Waals surface area contributed by atoms with Crippen LogP contribution in [0.15, 0.2) is 18.2 Å². The first-order chi connectivity index (χ1) is 7.10. The van der Waals surface area contributed by atoms with Crippen LogP contribution in [-0.2, 0) is 9.53 Å². The van der Waals surface area contributed by atoms with Crippen LogP contribution in [0.1, 0.15) is 10.8 Å². The average molecular weight is 265 g/mol. The van der Waals surface area contributed by atoms with Crippen molar-refractivity contribution in [2.24, 2.45) is 0 Å². The van der Waals surface area contributed by atoms with Crippen LogP contribution in [0.5, 0.6) is 0 Å². The molecule has 1 aromatic carbocycles. The Labute approximate surface area is 103 Å². The van der Waals surface area contributed by atoms with Crippen molar-refractivity contribution < 1.29 is 9.53 Å². The summed E-state index contributed by atoms with van der Waals surface area (Å²) >= 11 is 13.1. The van der Waals surface area contributed by atoms with Gasteiger partial charge in [-0.15, -0.1) is 11.8 Å². The highest BCUT2D eigenvalue weighted by Crippen LogP contribution is 2.34. The van der Waals surface area contributed by atoms with Crippen LogP contribution < -0.4 is 0 Å². The summed E-state index contributed by atoms with van der Waals surface area (Å²) in [6.45, 7) is 0. The molecule has 1 aromatic rings. The van der Waals surface area contributed by atoms with Gasteiger partial charge in [-0.1, -0.05) is 29.3 Å². The van der Waals surface area contributed by atoms with Crippen LogP contribution in [-0.4, -0.2) is 19.3 Å². The number of thioether (sulfide) groups is 1. The number of hydrogen-bond donors (Lipinski definition) is 0. The molecule has 1 atom stereocenters. The molecule has 5 heteroatoms. The van der Waals surface area contributed by atoms with Gasteiger partial charge in [-0.3, -0.25) is 4.79 Å². The van der Waals surface area contributed by atoms with E-state index in [1.54, 1.807) is 18.2 Å². The molecular weight excluding hydrogens is 255 g/mol. The second-order valence-corrected chi connectivity index (χ2v) is 4.59.